The van der Waals surface area contributed by atoms with Crippen molar-refractivity contribution in [2.75, 3.05) is 20.6 Å². The Morgan fingerprint density at radius 2 is 1.50 bits per heavy atom. The van der Waals surface area contributed by atoms with E-state index in [0.717, 1.165) is 12.5 Å². The Bertz CT molecular complexity index is 132. The summed E-state index contributed by atoms with van der Waals surface area (Å²) < 4.78 is 0. The largest absolute Gasteiger partial charge is 0.311 e. The summed E-state index contributed by atoms with van der Waals surface area (Å²) in [5.74, 6) is 0.823. The van der Waals surface area contributed by atoms with Crippen LogP contribution in [0.5, 0.6) is 0 Å². The van der Waals surface area contributed by atoms with Gasteiger partial charge in [0.2, 0.25) is 0 Å². The Hall–Kier alpha value is -0.0800. The molecule has 0 bridgehead atoms. The lowest BCUT2D eigenvalue weighted by Gasteiger charge is -2.23. The molecule has 0 heterocycles. The standard InChI is InChI=1S/C12H28N2/c1-10(2)7-8-11(3)13-12(4)9-14(5)6/h10-13H,7-9H2,1-6H3. The van der Waals surface area contributed by atoms with Crippen LogP contribution in [0.4, 0.5) is 0 Å². The minimum Gasteiger partial charge on any atom is -0.311 e. The van der Waals surface area contributed by atoms with Gasteiger partial charge in [0, 0.05) is 18.6 Å². The van der Waals surface area contributed by atoms with Gasteiger partial charge in [-0.1, -0.05) is 13.8 Å². The first kappa shape index (κ1) is 13.9. The highest BCUT2D eigenvalue weighted by molar-refractivity contribution is 4.69. The monoisotopic (exact) mass is 200 g/mol. The molecule has 0 aromatic rings. The first-order valence-corrected chi connectivity index (χ1v) is 5.82. The zero-order valence-corrected chi connectivity index (χ0v) is 10.8. The summed E-state index contributed by atoms with van der Waals surface area (Å²) in [6, 6.07) is 1.24. The van der Waals surface area contributed by atoms with Crippen molar-refractivity contribution in [3.8, 4) is 0 Å². The summed E-state index contributed by atoms with van der Waals surface area (Å²) in [4.78, 5) is 2.23. The maximum Gasteiger partial charge on any atom is 0.0168 e. The van der Waals surface area contributed by atoms with Gasteiger partial charge >= 0.3 is 0 Å². The average Bonchev–Trinajstić information content (AvgIpc) is 1.98. The maximum atomic E-state index is 3.62. The number of nitrogens with one attached hydrogen (secondary N) is 1. The summed E-state index contributed by atoms with van der Waals surface area (Å²) in [6.07, 6.45) is 2.61. The first-order chi connectivity index (χ1) is 6.41. The van der Waals surface area contributed by atoms with Crippen LogP contribution in [-0.2, 0) is 0 Å². The number of likely N-dealkylation sites (N-methyl/N-ethyl adjacent to an activating group) is 1. The van der Waals surface area contributed by atoms with Crippen molar-refractivity contribution in [3.63, 3.8) is 0 Å². The van der Waals surface area contributed by atoms with E-state index in [1.54, 1.807) is 0 Å². The molecule has 0 aromatic carbocycles. The zero-order chi connectivity index (χ0) is 11.1. The van der Waals surface area contributed by atoms with Gasteiger partial charge < -0.3 is 10.2 Å². The van der Waals surface area contributed by atoms with Crippen molar-refractivity contribution in [1.29, 1.82) is 0 Å². The number of hydrogen-bond acceptors (Lipinski definition) is 2. The van der Waals surface area contributed by atoms with Crippen LogP contribution in [0.3, 0.4) is 0 Å². The quantitative estimate of drug-likeness (QED) is 0.678. The Labute approximate surface area is 90.1 Å². The van der Waals surface area contributed by atoms with Crippen LogP contribution in [0, 0.1) is 5.92 Å². The fraction of sp³-hybridized carbons (Fsp3) is 1.00. The number of rotatable bonds is 7. The van der Waals surface area contributed by atoms with E-state index in [-0.39, 0.29) is 0 Å². The highest BCUT2D eigenvalue weighted by Crippen LogP contribution is 2.06. The third-order valence-electron chi connectivity index (χ3n) is 2.39. The molecular weight excluding hydrogens is 172 g/mol. The molecule has 0 saturated carbocycles. The summed E-state index contributed by atoms with van der Waals surface area (Å²) in [5, 5.41) is 3.62. The summed E-state index contributed by atoms with van der Waals surface area (Å²) in [6.45, 7) is 10.2. The molecule has 0 radical (unpaired) electrons. The normalized spacial score (nSPS) is 16.3. The van der Waals surface area contributed by atoms with Gasteiger partial charge in [0.25, 0.3) is 0 Å². The minimum atomic E-state index is 0.590. The van der Waals surface area contributed by atoms with E-state index >= 15 is 0 Å². The van der Waals surface area contributed by atoms with E-state index in [1.165, 1.54) is 12.8 Å². The van der Waals surface area contributed by atoms with Crippen LogP contribution < -0.4 is 5.32 Å². The lowest BCUT2D eigenvalue weighted by Crippen LogP contribution is -2.40. The van der Waals surface area contributed by atoms with Gasteiger partial charge in [0.15, 0.2) is 0 Å². The van der Waals surface area contributed by atoms with Crippen LogP contribution in [0.1, 0.15) is 40.5 Å². The molecule has 0 rings (SSSR count). The van der Waals surface area contributed by atoms with E-state index in [2.05, 4.69) is 52.0 Å². The molecule has 0 aliphatic heterocycles. The third kappa shape index (κ3) is 8.52. The lowest BCUT2D eigenvalue weighted by molar-refractivity contribution is 0.322. The molecule has 0 aliphatic carbocycles. The van der Waals surface area contributed by atoms with Crippen LogP contribution in [0.25, 0.3) is 0 Å². The van der Waals surface area contributed by atoms with Crippen molar-refractivity contribution < 1.29 is 0 Å². The lowest BCUT2D eigenvalue weighted by atomic mass is 10.0. The van der Waals surface area contributed by atoms with Gasteiger partial charge in [-0.15, -0.1) is 0 Å². The fourth-order valence-corrected chi connectivity index (χ4v) is 1.75. The highest BCUT2D eigenvalue weighted by atomic mass is 15.1. The molecular formula is C12H28N2. The van der Waals surface area contributed by atoms with E-state index in [1.807, 2.05) is 0 Å². The van der Waals surface area contributed by atoms with Gasteiger partial charge in [-0.2, -0.15) is 0 Å². The minimum absolute atomic E-state index is 0.590. The Balaban J connectivity index is 3.55. The molecule has 0 amide bonds. The molecule has 14 heavy (non-hydrogen) atoms. The molecule has 0 aliphatic rings. The highest BCUT2D eigenvalue weighted by Gasteiger charge is 2.08. The topological polar surface area (TPSA) is 15.3 Å². The first-order valence-electron chi connectivity index (χ1n) is 5.82. The second-order valence-corrected chi connectivity index (χ2v) is 5.20. The Kier molecular flexibility index (Phi) is 7.20. The number of nitrogens with zero attached hydrogens (tertiary/aromatic N) is 1. The molecule has 0 aromatic heterocycles. The van der Waals surface area contributed by atoms with E-state index < -0.39 is 0 Å². The molecule has 0 spiro atoms. The molecule has 0 saturated heterocycles. The molecule has 86 valence electrons. The predicted octanol–water partition coefficient (Wildman–Crippen LogP) is 2.35. The van der Waals surface area contributed by atoms with Crippen molar-refractivity contribution in [2.24, 2.45) is 5.92 Å². The third-order valence-corrected chi connectivity index (χ3v) is 2.39. The maximum absolute atomic E-state index is 3.62. The van der Waals surface area contributed by atoms with Crippen molar-refractivity contribution in [2.45, 2.75) is 52.6 Å². The number of hydrogen-bond donors (Lipinski definition) is 1. The smallest absolute Gasteiger partial charge is 0.0168 e. The molecule has 2 unspecified atom stereocenters. The van der Waals surface area contributed by atoms with E-state index in [9.17, 15) is 0 Å². The fourth-order valence-electron chi connectivity index (χ4n) is 1.75. The van der Waals surface area contributed by atoms with E-state index in [0.29, 0.717) is 12.1 Å². The van der Waals surface area contributed by atoms with Gasteiger partial charge in [0.05, 0.1) is 0 Å². The van der Waals surface area contributed by atoms with Crippen LogP contribution in [0.2, 0.25) is 0 Å². The Morgan fingerprint density at radius 3 is 1.93 bits per heavy atom. The van der Waals surface area contributed by atoms with E-state index in [4.69, 9.17) is 0 Å². The summed E-state index contributed by atoms with van der Waals surface area (Å²) in [7, 11) is 4.24. The van der Waals surface area contributed by atoms with Crippen LogP contribution in [0.15, 0.2) is 0 Å². The second kappa shape index (κ2) is 7.24. The van der Waals surface area contributed by atoms with Crippen LogP contribution >= 0.6 is 0 Å². The zero-order valence-electron chi connectivity index (χ0n) is 10.8. The van der Waals surface area contributed by atoms with Gasteiger partial charge in [0.1, 0.15) is 0 Å². The van der Waals surface area contributed by atoms with Crippen molar-refractivity contribution in [1.82, 2.24) is 10.2 Å². The predicted molar refractivity (Wildman–Crippen MR) is 64.7 cm³/mol. The Morgan fingerprint density at radius 1 is 0.929 bits per heavy atom. The van der Waals surface area contributed by atoms with Crippen molar-refractivity contribution in [3.05, 3.63) is 0 Å². The molecule has 0 fully saturated rings. The SMILES string of the molecule is CC(C)CCC(C)NC(C)CN(C)C. The van der Waals surface area contributed by atoms with Crippen molar-refractivity contribution >= 4 is 0 Å². The molecule has 1 N–H and O–H groups in total. The van der Waals surface area contributed by atoms with Gasteiger partial charge in [-0.3, -0.25) is 0 Å². The van der Waals surface area contributed by atoms with Gasteiger partial charge in [-0.25, -0.2) is 0 Å². The van der Waals surface area contributed by atoms with Crippen LogP contribution in [-0.4, -0.2) is 37.6 Å². The molecule has 2 heteroatoms. The average molecular weight is 200 g/mol. The molecule has 2 atom stereocenters. The second-order valence-electron chi connectivity index (χ2n) is 5.20. The van der Waals surface area contributed by atoms with Gasteiger partial charge in [-0.05, 0) is 46.7 Å². The summed E-state index contributed by atoms with van der Waals surface area (Å²) in [5.41, 5.74) is 0. The summed E-state index contributed by atoms with van der Waals surface area (Å²) >= 11 is 0. The molecule has 2 nitrogen and oxygen atoms in total.